The van der Waals surface area contributed by atoms with Crippen LogP contribution in [0.15, 0.2) is 12.2 Å². The molecule has 0 amide bonds. The van der Waals surface area contributed by atoms with E-state index in [0.29, 0.717) is 0 Å². The molecular formula is C12H23NS. The molecule has 1 aliphatic rings. The highest BCUT2D eigenvalue weighted by Crippen LogP contribution is 2.27. The Morgan fingerprint density at radius 1 is 1.43 bits per heavy atom. The quantitative estimate of drug-likeness (QED) is 0.704. The van der Waals surface area contributed by atoms with Crippen molar-refractivity contribution in [3.05, 3.63) is 12.2 Å². The summed E-state index contributed by atoms with van der Waals surface area (Å²) in [7, 11) is 0. The average molecular weight is 213 g/mol. The number of rotatable bonds is 5. The van der Waals surface area contributed by atoms with Gasteiger partial charge in [0.05, 0.1) is 0 Å². The first-order valence-electron chi connectivity index (χ1n) is 5.70. The van der Waals surface area contributed by atoms with Crippen molar-refractivity contribution in [1.82, 2.24) is 5.32 Å². The van der Waals surface area contributed by atoms with Crippen LogP contribution in [0.1, 0.15) is 39.0 Å². The molecule has 1 saturated carbocycles. The lowest BCUT2D eigenvalue weighted by Gasteiger charge is -2.31. The van der Waals surface area contributed by atoms with E-state index in [1.807, 2.05) is 11.8 Å². The SMILES string of the molecule is C=C(CC)CNC1CCCCC1SC. The highest BCUT2D eigenvalue weighted by atomic mass is 32.2. The molecule has 0 heterocycles. The number of thioether (sulfide) groups is 1. The molecule has 1 rings (SSSR count). The van der Waals surface area contributed by atoms with E-state index in [0.717, 1.165) is 24.3 Å². The Morgan fingerprint density at radius 3 is 2.79 bits per heavy atom. The van der Waals surface area contributed by atoms with Gasteiger partial charge in [-0.3, -0.25) is 0 Å². The second kappa shape index (κ2) is 6.52. The van der Waals surface area contributed by atoms with Crippen LogP contribution in [0.25, 0.3) is 0 Å². The maximum atomic E-state index is 4.04. The minimum atomic E-state index is 0.724. The minimum Gasteiger partial charge on any atom is -0.309 e. The largest absolute Gasteiger partial charge is 0.309 e. The van der Waals surface area contributed by atoms with Crippen molar-refractivity contribution in [3.63, 3.8) is 0 Å². The maximum absolute atomic E-state index is 4.04. The third-order valence-corrected chi connectivity index (χ3v) is 4.29. The molecule has 1 nitrogen and oxygen atoms in total. The molecule has 2 heteroatoms. The summed E-state index contributed by atoms with van der Waals surface area (Å²) in [6.07, 6.45) is 8.88. The first kappa shape index (κ1) is 12.1. The predicted molar refractivity (Wildman–Crippen MR) is 67.0 cm³/mol. The molecule has 0 radical (unpaired) electrons. The maximum Gasteiger partial charge on any atom is 0.0198 e. The van der Waals surface area contributed by atoms with Crippen molar-refractivity contribution in [2.45, 2.75) is 50.3 Å². The van der Waals surface area contributed by atoms with Gasteiger partial charge in [-0.15, -0.1) is 0 Å². The van der Waals surface area contributed by atoms with E-state index >= 15 is 0 Å². The molecule has 0 aromatic carbocycles. The summed E-state index contributed by atoms with van der Waals surface area (Å²) in [6, 6.07) is 0.724. The molecule has 14 heavy (non-hydrogen) atoms. The molecule has 0 aromatic rings. The molecular weight excluding hydrogens is 190 g/mol. The van der Waals surface area contributed by atoms with Gasteiger partial charge in [-0.05, 0) is 25.5 Å². The fourth-order valence-electron chi connectivity index (χ4n) is 2.01. The van der Waals surface area contributed by atoms with Gasteiger partial charge in [0.15, 0.2) is 0 Å². The van der Waals surface area contributed by atoms with E-state index in [9.17, 15) is 0 Å². The van der Waals surface area contributed by atoms with E-state index < -0.39 is 0 Å². The van der Waals surface area contributed by atoms with E-state index in [-0.39, 0.29) is 0 Å². The van der Waals surface area contributed by atoms with Crippen LogP contribution >= 0.6 is 11.8 Å². The van der Waals surface area contributed by atoms with Gasteiger partial charge >= 0.3 is 0 Å². The molecule has 0 spiro atoms. The Balaban J connectivity index is 2.29. The first-order chi connectivity index (χ1) is 6.77. The zero-order valence-electron chi connectivity index (χ0n) is 9.51. The highest BCUT2D eigenvalue weighted by molar-refractivity contribution is 7.99. The fraction of sp³-hybridized carbons (Fsp3) is 0.833. The molecule has 2 atom stereocenters. The molecule has 1 N–H and O–H groups in total. The summed E-state index contributed by atoms with van der Waals surface area (Å²) in [4.78, 5) is 0. The molecule has 2 unspecified atom stereocenters. The van der Waals surface area contributed by atoms with Crippen LogP contribution in [0.2, 0.25) is 0 Å². The van der Waals surface area contributed by atoms with Gasteiger partial charge in [0.1, 0.15) is 0 Å². The van der Waals surface area contributed by atoms with Crippen molar-refractivity contribution in [2.24, 2.45) is 0 Å². The Hall–Kier alpha value is 0.0500. The van der Waals surface area contributed by atoms with Crippen molar-refractivity contribution >= 4 is 11.8 Å². The van der Waals surface area contributed by atoms with E-state index in [2.05, 4.69) is 25.1 Å². The van der Waals surface area contributed by atoms with Crippen LogP contribution in [0.4, 0.5) is 0 Å². The second-order valence-electron chi connectivity index (χ2n) is 4.15. The van der Waals surface area contributed by atoms with Crippen LogP contribution in [0, 0.1) is 0 Å². The molecule has 0 aromatic heterocycles. The third-order valence-electron chi connectivity index (χ3n) is 3.12. The van der Waals surface area contributed by atoms with Gasteiger partial charge in [-0.25, -0.2) is 0 Å². The summed E-state index contributed by atoms with van der Waals surface area (Å²) in [5, 5.41) is 4.48. The van der Waals surface area contributed by atoms with Crippen LogP contribution < -0.4 is 5.32 Å². The number of hydrogen-bond acceptors (Lipinski definition) is 2. The van der Waals surface area contributed by atoms with E-state index in [1.165, 1.54) is 31.3 Å². The summed E-state index contributed by atoms with van der Waals surface area (Å²) in [6.45, 7) is 7.23. The topological polar surface area (TPSA) is 12.0 Å². The summed E-state index contributed by atoms with van der Waals surface area (Å²) < 4.78 is 0. The number of nitrogens with one attached hydrogen (secondary N) is 1. The van der Waals surface area contributed by atoms with E-state index in [4.69, 9.17) is 0 Å². The van der Waals surface area contributed by atoms with Gasteiger partial charge < -0.3 is 5.32 Å². The summed E-state index contributed by atoms with van der Waals surface area (Å²) >= 11 is 2.02. The monoisotopic (exact) mass is 213 g/mol. The molecule has 1 aliphatic carbocycles. The molecule has 1 fully saturated rings. The van der Waals surface area contributed by atoms with Crippen LogP contribution in [0.3, 0.4) is 0 Å². The van der Waals surface area contributed by atoms with Crippen LogP contribution in [0.5, 0.6) is 0 Å². The van der Waals surface area contributed by atoms with Crippen LogP contribution in [-0.4, -0.2) is 24.1 Å². The standard InChI is InChI=1S/C12H23NS/c1-4-10(2)9-13-11-7-5-6-8-12(11)14-3/h11-13H,2,4-9H2,1,3H3. The normalized spacial score (nSPS) is 27.6. The molecule has 0 aliphatic heterocycles. The Labute approximate surface area is 92.7 Å². The lowest BCUT2D eigenvalue weighted by Crippen LogP contribution is -2.41. The lowest BCUT2D eigenvalue weighted by atomic mass is 9.94. The van der Waals surface area contributed by atoms with Gasteiger partial charge in [-0.2, -0.15) is 11.8 Å². The summed E-state index contributed by atoms with van der Waals surface area (Å²) in [5.41, 5.74) is 1.33. The Morgan fingerprint density at radius 2 is 2.14 bits per heavy atom. The average Bonchev–Trinajstić information content (AvgIpc) is 2.26. The Bertz CT molecular complexity index is 179. The highest BCUT2D eigenvalue weighted by Gasteiger charge is 2.23. The zero-order valence-corrected chi connectivity index (χ0v) is 10.3. The van der Waals surface area contributed by atoms with Crippen molar-refractivity contribution < 1.29 is 0 Å². The van der Waals surface area contributed by atoms with Crippen molar-refractivity contribution in [3.8, 4) is 0 Å². The summed E-state index contributed by atoms with van der Waals surface area (Å²) in [5.74, 6) is 0. The molecule has 0 saturated heterocycles. The van der Waals surface area contributed by atoms with Gasteiger partial charge in [-0.1, -0.05) is 31.9 Å². The predicted octanol–water partition coefficient (Wildman–Crippen LogP) is 3.22. The van der Waals surface area contributed by atoms with Crippen molar-refractivity contribution in [1.29, 1.82) is 0 Å². The minimum absolute atomic E-state index is 0.724. The molecule has 0 bridgehead atoms. The second-order valence-corrected chi connectivity index (χ2v) is 5.23. The fourth-order valence-corrected chi connectivity index (χ4v) is 2.98. The van der Waals surface area contributed by atoms with Gasteiger partial charge in [0.2, 0.25) is 0 Å². The van der Waals surface area contributed by atoms with Crippen LogP contribution in [-0.2, 0) is 0 Å². The first-order valence-corrected chi connectivity index (χ1v) is 6.99. The smallest absolute Gasteiger partial charge is 0.0198 e. The van der Waals surface area contributed by atoms with Gasteiger partial charge in [0.25, 0.3) is 0 Å². The van der Waals surface area contributed by atoms with Crippen molar-refractivity contribution in [2.75, 3.05) is 12.8 Å². The Kier molecular flexibility index (Phi) is 5.64. The third kappa shape index (κ3) is 3.66. The van der Waals surface area contributed by atoms with Gasteiger partial charge in [0, 0.05) is 17.8 Å². The van der Waals surface area contributed by atoms with E-state index in [1.54, 1.807) is 0 Å². The lowest BCUT2D eigenvalue weighted by molar-refractivity contribution is 0.393. The molecule has 82 valence electrons. The zero-order chi connectivity index (χ0) is 10.4. The number of hydrogen-bond donors (Lipinski definition) is 1.